The number of fused-ring (bicyclic) bond motifs is 2. The van der Waals surface area contributed by atoms with Gasteiger partial charge in [0.2, 0.25) is 0 Å². The number of nitriles is 1. The summed E-state index contributed by atoms with van der Waals surface area (Å²) in [6.07, 6.45) is -2.79. The molecular weight excluding hydrogens is 527 g/mol. The Morgan fingerprint density at radius 3 is 2.72 bits per heavy atom. The summed E-state index contributed by atoms with van der Waals surface area (Å²) in [6.45, 7) is 2.67. The number of aromatic nitrogens is 3. The van der Waals surface area contributed by atoms with Gasteiger partial charge in [0.05, 0.1) is 30.4 Å². The first-order chi connectivity index (χ1) is 16.8. The summed E-state index contributed by atoms with van der Waals surface area (Å²) in [5, 5.41) is 14.2. The van der Waals surface area contributed by atoms with Crippen LogP contribution in [0.1, 0.15) is 32.1 Å². The summed E-state index contributed by atoms with van der Waals surface area (Å²) in [6, 6.07) is 1.95. The first kappa shape index (κ1) is 25.7. The Kier molecular flexibility index (Phi) is 6.29. The van der Waals surface area contributed by atoms with Crippen molar-refractivity contribution in [3.05, 3.63) is 16.9 Å². The summed E-state index contributed by atoms with van der Waals surface area (Å²) in [7, 11) is -4.39. The summed E-state index contributed by atoms with van der Waals surface area (Å²) < 4.78 is 63.8. The fourth-order valence-corrected chi connectivity index (χ4v) is 5.39. The van der Waals surface area contributed by atoms with Gasteiger partial charge in [0.25, 0.3) is 5.92 Å². The van der Waals surface area contributed by atoms with Crippen LogP contribution in [0.2, 0.25) is 5.15 Å². The van der Waals surface area contributed by atoms with E-state index in [1.807, 2.05) is 6.07 Å². The summed E-state index contributed by atoms with van der Waals surface area (Å²) >= 11 is 6.31. The first-order valence-electron chi connectivity index (χ1n) is 11.0. The van der Waals surface area contributed by atoms with Gasteiger partial charge in [0.15, 0.2) is 22.8 Å². The van der Waals surface area contributed by atoms with E-state index < -0.39 is 56.7 Å². The standard InChI is InChI=1S/C20H23ClF2N5O7P/c1-19(2)34-14-12(7-32-9-36(29,30)31)33-18(15(14)35-19)28-17-11(6-25-28)13(10(5-24)16(21)26-17)27-4-3-20(22,23)8-27/h6,12,14-15,18H,3-4,7-9H2,1-2H3,(H2,29,30,31)/t12-,14-,15-,18-/m1/s1. The minimum atomic E-state index is -4.39. The molecule has 12 nitrogen and oxygen atoms in total. The Labute approximate surface area is 208 Å². The van der Waals surface area contributed by atoms with Gasteiger partial charge in [-0.2, -0.15) is 10.4 Å². The van der Waals surface area contributed by atoms with E-state index in [4.69, 9.17) is 40.3 Å². The lowest BCUT2D eigenvalue weighted by atomic mass is 10.1. The van der Waals surface area contributed by atoms with Crippen molar-refractivity contribution in [2.75, 3.05) is 30.9 Å². The lowest BCUT2D eigenvalue weighted by Gasteiger charge is -2.25. The SMILES string of the molecule is CC1(C)O[C@@H]2[C@H](O1)[C@@H](COCP(=O)(O)O)O[C@H]2n1ncc2c(N3CCC(F)(F)C3)c(C#N)c(Cl)nc21. The van der Waals surface area contributed by atoms with Crippen molar-refractivity contribution in [1.82, 2.24) is 14.8 Å². The highest BCUT2D eigenvalue weighted by molar-refractivity contribution is 7.51. The van der Waals surface area contributed by atoms with Crippen molar-refractivity contribution in [1.29, 1.82) is 5.26 Å². The van der Waals surface area contributed by atoms with Gasteiger partial charge >= 0.3 is 7.60 Å². The van der Waals surface area contributed by atoms with Gasteiger partial charge in [0.1, 0.15) is 36.3 Å². The van der Waals surface area contributed by atoms with Crippen LogP contribution < -0.4 is 4.90 Å². The predicted molar refractivity (Wildman–Crippen MR) is 120 cm³/mol. The molecule has 5 rings (SSSR count). The number of anilines is 1. The van der Waals surface area contributed by atoms with Crippen molar-refractivity contribution in [3.63, 3.8) is 0 Å². The number of ether oxygens (including phenoxy) is 4. The molecule has 3 fully saturated rings. The first-order valence-corrected chi connectivity index (χ1v) is 13.2. The van der Waals surface area contributed by atoms with E-state index in [1.165, 1.54) is 15.8 Å². The molecule has 16 heteroatoms. The molecule has 0 aromatic carbocycles. The molecule has 196 valence electrons. The molecule has 3 aliphatic rings. The molecule has 36 heavy (non-hydrogen) atoms. The molecule has 4 atom stereocenters. The second-order valence-corrected chi connectivity index (χ2v) is 11.3. The van der Waals surface area contributed by atoms with Crippen LogP contribution in [0.25, 0.3) is 11.0 Å². The van der Waals surface area contributed by atoms with Gasteiger partial charge in [-0.1, -0.05) is 11.6 Å². The predicted octanol–water partition coefficient (Wildman–Crippen LogP) is 2.37. The van der Waals surface area contributed by atoms with E-state index in [0.717, 1.165) is 0 Å². The van der Waals surface area contributed by atoms with E-state index >= 15 is 0 Å². The molecule has 0 spiro atoms. The number of alkyl halides is 2. The molecule has 0 radical (unpaired) electrons. The average molecular weight is 550 g/mol. The van der Waals surface area contributed by atoms with E-state index in [-0.39, 0.29) is 41.6 Å². The van der Waals surface area contributed by atoms with Crippen LogP contribution in [0, 0.1) is 11.3 Å². The van der Waals surface area contributed by atoms with E-state index in [2.05, 4.69) is 10.1 Å². The third-order valence-corrected chi connectivity index (χ3v) is 6.97. The van der Waals surface area contributed by atoms with Crippen LogP contribution in [0.4, 0.5) is 14.5 Å². The Morgan fingerprint density at radius 2 is 2.08 bits per heavy atom. The second-order valence-electron chi connectivity index (χ2n) is 9.39. The van der Waals surface area contributed by atoms with Crippen LogP contribution in [0.5, 0.6) is 0 Å². The molecule has 5 heterocycles. The molecule has 0 unspecified atom stereocenters. The molecule has 0 aliphatic carbocycles. The second kappa shape index (κ2) is 8.82. The summed E-state index contributed by atoms with van der Waals surface area (Å²) in [5.41, 5.74) is 0.380. The number of nitrogens with zero attached hydrogens (tertiary/aromatic N) is 5. The molecular formula is C20H23ClF2N5O7P. The fraction of sp³-hybridized carbons (Fsp3) is 0.650. The number of hydrogen-bond acceptors (Lipinski definition) is 9. The maximum Gasteiger partial charge on any atom is 0.350 e. The smallest absolute Gasteiger partial charge is 0.350 e. The zero-order valence-corrected chi connectivity index (χ0v) is 20.8. The van der Waals surface area contributed by atoms with Crippen LogP contribution in [-0.2, 0) is 23.5 Å². The zero-order chi connectivity index (χ0) is 26.0. The highest BCUT2D eigenvalue weighted by atomic mass is 35.5. The van der Waals surface area contributed by atoms with Crippen molar-refractivity contribution in [3.8, 4) is 6.07 Å². The largest absolute Gasteiger partial charge is 0.366 e. The average Bonchev–Trinajstić information content (AvgIpc) is 3.48. The highest BCUT2D eigenvalue weighted by Gasteiger charge is 2.56. The molecule has 3 aliphatic heterocycles. The van der Waals surface area contributed by atoms with Gasteiger partial charge in [-0.3, -0.25) is 4.57 Å². The van der Waals surface area contributed by atoms with E-state index in [1.54, 1.807) is 13.8 Å². The van der Waals surface area contributed by atoms with Crippen molar-refractivity contribution < 1.29 is 42.1 Å². The molecule has 0 saturated carbocycles. The van der Waals surface area contributed by atoms with Crippen LogP contribution in [0.15, 0.2) is 6.20 Å². The Morgan fingerprint density at radius 1 is 1.36 bits per heavy atom. The normalized spacial score (nSPS) is 29.1. The van der Waals surface area contributed by atoms with Crippen molar-refractivity contribution >= 4 is 35.9 Å². The Hall–Kier alpha value is -1.95. The summed E-state index contributed by atoms with van der Waals surface area (Å²) in [4.78, 5) is 23.9. The molecule has 2 aromatic rings. The fourth-order valence-electron chi connectivity index (χ4n) is 4.83. The van der Waals surface area contributed by atoms with E-state index in [0.29, 0.717) is 5.39 Å². The molecule has 2 aromatic heterocycles. The molecule has 0 amide bonds. The monoisotopic (exact) mass is 549 g/mol. The van der Waals surface area contributed by atoms with Crippen molar-refractivity contribution in [2.24, 2.45) is 0 Å². The van der Waals surface area contributed by atoms with Gasteiger partial charge in [-0.05, 0) is 13.8 Å². The summed E-state index contributed by atoms with van der Waals surface area (Å²) in [5.74, 6) is -3.90. The quantitative estimate of drug-likeness (QED) is 0.403. The molecule has 2 N–H and O–H groups in total. The number of pyridine rings is 1. The van der Waals surface area contributed by atoms with Crippen molar-refractivity contribution in [2.45, 2.75) is 56.5 Å². The number of hydrogen-bond donors (Lipinski definition) is 2. The minimum Gasteiger partial charge on any atom is -0.366 e. The van der Waals surface area contributed by atoms with Gasteiger partial charge in [0, 0.05) is 13.0 Å². The lowest BCUT2D eigenvalue weighted by Crippen LogP contribution is -2.33. The Bertz CT molecular complexity index is 1280. The number of rotatable bonds is 6. The molecule has 3 saturated heterocycles. The molecule has 0 bridgehead atoms. The third kappa shape index (κ3) is 4.70. The van der Waals surface area contributed by atoms with Gasteiger partial charge < -0.3 is 33.6 Å². The van der Waals surface area contributed by atoms with Crippen LogP contribution in [0.3, 0.4) is 0 Å². The van der Waals surface area contributed by atoms with E-state index in [9.17, 15) is 18.6 Å². The van der Waals surface area contributed by atoms with Crippen LogP contribution >= 0.6 is 19.2 Å². The third-order valence-electron chi connectivity index (χ3n) is 6.18. The number of halogens is 3. The maximum atomic E-state index is 14.0. The zero-order valence-electron chi connectivity index (χ0n) is 19.2. The lowest BCUT2D eigenvalue weighted by molar-refractivity contribution is -0.202. The minimum absolute atomic E-state index is 0.0249. The van der Waals surface area contributed by atoms with Gasteiger partial charge in [-0.25, -0.2) is 18.4 Å². The van der Waals surface area contributed by atoms with Crippen LogP contribution in [-0.4, -0.2) is 80.6 Å². The topological polar surface area (TPSA) is 152 Å². The maximum absolute atomic E-state index is 14.0. The highest BCUT2D eigenvalue weighted by Crippen LogP contribution is 2.45. The van der Waals surface area contributed by atoms with Gasteiger partial charge in [-0.15, -0.1) is 0 Å². The Balaban J connectivity index is 1.52.